The van der Waals surface area contributed by atoms with E-state index in [9.17, 15) is 4.79 Å². The van der Waals surface area contributed by atoms with Crippen LogP contribution in [-0.4, -0.2) is 62.1 Å². The van der Waals surface area contributed by atoms with E-state index in [1.807, 2.05) is 25.1 Å². The molecule has 0 unspecified atom stereocenters. The van der Waals surface area contributed by atoms with Crippen LogP contribution in [0.2, 0.25) is 5.15 Å². The molecule has 0 radical (unpaired) electrons. The molecule has 0 fully saturated rings. The van der Waals surface area contributed by atoms with E-state index in [1.54, 1.807) is 32.0 Å². The molecular weight excluding hydrogens is 290 g/mol. The molecule has 0 aromatic carbocycles. The van der Waals surface area contributed by atoms with Crippen molar-refractivity contribution >= 4 is 23.4 Å². The lowest BCUT2D eigenvalue weighted by molar-refractivity contribution is 0.222. The zero-order chi connectivity index (χ0) is 16.2. The molecule has 0 bridgehead atoms. The minimum absolute atomic E-state index is 0.119. The van der Waals surface area contributed by atoms with E-state index >= 15 is 0 Å². The minimum atomic E-state index is -0.176. The van der Waals surface area contributed by atoms with Gasteiger partial charge in [-0.2, -0.15) is 5.26 Å². The van der Waals surface area contributed by atoms with Crippen molar-refractivity contribution in [3.05, 3.63) is 22.3 Å². The Kier molecular flexibility index (Phi) is 5.94. The zero-order valence-electron chi connectivity index (χ0n) is 13.0. The first-order chi connectivity index (χ1) is 9.77. The van der Waals surface area contributed by atoms with Crippen molar-refractivity contribution in [3.8, 4) is 6.07 Å². The fourth-order valence-electron chi connectivity index (χ4n) is 1.74. The fraction of sp³-hybridized carbons (Fsp3) is 0.500. The molecule has 0 atom stereocenters. The second kappa shape index (κ2) is 7.25. The number of nitrogens with zero attached hydrogens (tertiary/aromatic N) is 5. The number of hydrogen-bond acceptors (Lipinski definition) is 4. The molecule has 1 heterocycles. The number of anilines is 1. The van der Waals surface area contributed by atoms with E-state index < -0.39 is 0 Å². The van der Waals surface area contributed by atoms with Crippen molar-refractivity contribution in [2.45, 2.75) is 6.92 Å². The number of hydrogen-bond donors (Lipinski definition) is 0. The Morgan fingerprint density at radius 3 is 2.38 bits per heavy atom. The topological polar surface area (TPSA) is 63.5 Å². The van der Waals surface area contributed by atoms with Crippen LogP contribution in [0.4, 0.5) is 10.6 Å². The Labute approximate surface area is 130 Å². The maximum Gasteiger partial charge on any atom is 0.325 e. The van der Waals surface area contributed by atoms with E-state index in [1.165, 1.54) is 4.90 Å². The summed E-state index contributed by atoms with van der Waals surface area (Å²) in [5.41, 5.74) is 1.04. The summed E-state index contributed by atoms with van der Waals surface area (Å²) in [5.74, 6) is 0.456. The summed E-state index contributed by atoms with van der Waals surface area (Å²) >= 11 is 6.03. The Morgan fingerprint density at radius 1 is 1.33 bits per heavy atom. The van der Waals surface area contributed by atoms with Crippen molar-refractivity contribution in [3.63, 3.8) is 0 Å². The maximum absolute atomic E-state index is 12.3. The fourth-order valence-corrected chi connectivity index (χ4v) is 2.02. The number of halogens is 1. The number of likely N-dealkylation sites (N-methyl/N-ethyl adjacent to an activating group) is 1. The maximum atomic E-state index is 12.3. The molecule has 0 aliphatic rings. The summed E-state index contributed by atoms with van der Waals surface area (Å²) in [5, 5.41) is 9.15. The van der Waals surface area contributed by atoms with Crippen LogP contribution in [0.25, 0.3) is 0 Å². The summed E-state index contributed by atoms with van der Waals surface area (Å²) in [4.78, 5) is 21.5. The van der Waals surface area contributed by atoms with Crippen LogP contribution in [-0.2, 0) is 0 Å². The normalized spacial score (nSPS) is 10.4. The van der Waals surface area contributed by atoms with Gasteiger partial charge in [-0.05, 0) is 32.6 Å². The minimum Gasteiger partial charge on any atom is -0.330 e. The number of rotatable bonds is 4. The van der Waals surface area contributed by atoms with Gasteiger partial charge < -0.3 is 9.80 Å². The Balaban J connectivity index is 3.20. The first-order valence-electron chi connectivity index (χ1n) is 6.48. The highest BCUT2D eigenvalue weighted by molar-refractivity contribution is 6.30. The second-order valence-electron chi connectivity index (χ2n) is 5.21. The van der Waals surface area contributed by atoms with Gasteiger partial charge in [0, 0.05) is 27.2 Å². The SMILES string of the molecule is Cc1cc(N(CCN(C)C)C(=O)N(C)C)nc(Cl)c1C#N. The smallest absolute Gasteiger partial charge is 0.325 e. The zero-order valence-corrected chi connectivity index (χ0v) is 13.8. The van der Waals surface area contributed by atoms with Crippen molar-refractivity contribution in [2.75, 3.05) is 46.2 Å². The molecule has 1 aromatic heterocycles. The summed E-state index contributed by atoms with van der Waals surface area (Å²) in [6.45, 7) is 2.95. The molecule has 0 saturated carbocycles. The number of urea groups is 1. The van der Waals surface area contributed by atoms with Gasteiger partial charge >= 0.3 is 6.03 Å². The number of carbonyl (C=O) groups excluding carboxylic acids is 1. The highest BCUT2D eigenvalue weighted by Crippen LogP contribution is 2.23. The van der Waals surface area contributed by atoms with Gasteiger partial charge in [0.2, 0.25) is 0 Å². The number of carbonyl (C=O) groups is 1. The van der Waals surface area contributed by atoms with Crippen LogP contribution in [0.15, 0.2) is 6.07 Å². The molecule has 6 nitrogen and oxygen atoms in total. The van der Waals surface area contributed by atoms with Crippen LogP contribution in [0.1, 0.15) is 11.1 Å². The highest BCUT2D eigenvalue weighted by Gasteiger charge is 2.21. The third kappa shape index (κ3) is 4.31. The quantitative estimate of drug-likeness (QED) is 0.798. The molecule has 0 aliphatic heterocycles. The summed E-state index contributed by atoms with van der Waals surface area (Å²) in [6.07, 6.45) is 0. The van der Waals surface area contributed by atoms with Crippen molar-refractivity contribution in [2.24, 2.45) is 0 Å². The lowest BCUT2D eigenvalue weighted by Gasteiger charge is -2.27. The van der Waals surface area contributed by atoms with Gasteiger partial charge in [0.25, 0.3) is 0 Å². The lowest BCUT2D eigenvalue weighted by Crippen LogP contribution is -2.43. The molecule has 7 heteroatoms. The Bertz CT molecular complexity index is 542. The summed E-state index contributed by atoms with van der Waals surface area (Å²) < 4.78 is 0. The van der Waals surface area contributed by atoms with Crippen molar-refractivity contribution in [1.82, 2.24) is 14.8 Å². The first kappa shape index (κ1) is 17.2. The Hall–Kier alpha value is -1.84. The van der Waals surface area contributed by atoms with Gasteiger partial charge in [-0.15, -0.1) is 0 Å². The molecule has 1 rings (SSSR count). The molecule has 0 saturated heterocycles. The van der Waals surface area contributed by atoms with E-state index in [0.29, 0.717) is 30.0 Å². The number of aryl methyl sites for hydroxylation is 1. The van der Waals surface area contributed by atoms with Crippen molar-refractivity contribution in [1.29, 1.82) is 5.26 Å². The average Bonchev–Trinajstić information content (AvgIpc) is 2.37. The number of aromatic nitrogens is 1. The summed E-state index contributed by atoms with van der Waals surface area (Å²) in [7, 11) is 7.23. The monoisotopic (exact) mass is 309 g/mol. The lowest BCUT2D eigenvalue weighted by atomic mass is 10.2. The number of nitriles is 1. The predicted molar refractivity (Wildman–Crippen MR) is 83.7 cm³/mol. The van der Waals surface area contributed by atoms with E-state index in [0.717, 1.165) is 0 Å². The summed E-state index contributed by atoms with van der Waals surface area (Å²) in [6, 6.07) is 3.55. The molecule has 0 N–H and O–H groups in total. The molecular formula is C14H20ClN5O. The standard InChI is InChI=1S/C14H20ClN5O/c1-10-8-12(17-13(15)11(10)9-16)20(7-6-18(2)3)14(21)19(4)5/h8H,6-7H2,1-5H3. The largest absolute Gasteiger partial charge is 0.330 e. The molecule has 2 amide bonds. The van der Waals surface area contributed by atoms with Gasteiger partial charge in [0.15, 0.2) is 0 Å². The van der Waals surface area contributed by atoms with Crippen LogP contribution in [0, 0.1) is 18.3 Å². The van der Waals surface area contributed by atoms with Crippen LogP contribution in [0.3, 0.4) is 0 Å². The molecule has 0 spiro atoms. The molecule has 1 aromatic rings. The van der Waals surface area contributed by atoms with Gasteiger partial charge in [0.05, 0.1) is 5.56 Å². The molecule has 114 valence electrons. The highest BCUT2D eigenvalue weighted by atomic mass is 35.5. The van der Waals surface area contributed by atoms with E-state index in [-0.39, 0.29) is 11.2 Å². The third-order valence-electron chi connectivity index (χ3n) is 2.93. The van der Waals surface area contributed by atoms with Crippen molar-refractivity contribution < 1.29 is 4.79 Å². The van der Waals surface area contributed by atoms with Gasteiger partial charge in [-0.1, -0.05) is 11.6 Å². The van der Waals surface area contributed by atoms with Gasteiger partial charge in [-0.3, -0.25) is 4.90 Å². The van der Waals surface area contributed by atoms with E-state index in [4.69, 9.17) is 16.9 Å². The second-order valence-corrected chi connectivity index (χ2v) is 5.56. The molecule has 0 aliphatic carbocycles. The van der Waals surface area contributed by atoms with E-state index in [2.05, 4.69) is 4.98 Å². The van der Waals surface area contributed by atoms with Gasteiger partial charge in [-0.25, -0.2) is 9.78 Å². The molecule has 21 heavy (non-hydrogen) atoms. The average molecular weight is 310 g/mol. The van der Waals surface area contributed by atoms with Crippen LogP contribution < -0.4 is 4.90 Å². The van der Waals surface area contributed by atoms with Crippen LogP contribution in [0.5, 0.6) is 0 Å². The van der Waals surface area contributed by atoms with Gasteiger partial charge in [0.1, 0.15) is 17.0 Å². The third-order valence-corrected chi connectivity index (χ3v) is 3.21. The predicted octanol–water partition coefficient (Wildman–Crippen LogP) is 1.96. The number of amides is 2. The number of pyridine rings is 1. The first-order valence-corrected chi connectivity index (χ1v) is 6.86. The Morgan fingerprint density at radius 2 is 1.95 bits per heavy atom. The van der Waals surface area contributed by atoms with Crippen LogP contribution >= 0.6 is 11.6 Å².